The Morgan fingerprint density at radius 2 is 2.00 bits per heavy atom. The average Bonchev–Trinajstić information content (AvgIpc) is 3.02. The summed E-state index contributed by atoms with van der Waals surface area (Å²) in [7, 11) is 0. The highest BCUT2D eigenvalue weighted by Gasteiger charge is 2.13. The number of halogens is 2. The first-order chi connectivity index (χ1) is 11.6. The van der Waals surface area contributed by atoms with Crippen LogP contribution in [-0.2, 0) is 6.42 Å². The van der Waals surface area contributed by atoms with E-state index in [4.69, 9.17) is 9.47 Å². The molecule has 3 N–H and O–H groups in total. The molecule has 2 amide bonds. The van der Waals surface area contributed by atoms with Gasteiger partial charge in [-0.05, 0) is 58.2 Å². The van der Waals surface area contributed by atoms with E-state index in [2.05, 4.69) is 32.1 Å². The summed E-state index contributed by atoms with van der Waals surface area (Å²) in [5.41, 5.74) is 6.79. The number of amides is 2. The van der Waals surface area contributed by atoms with Crippen LogP contribution < -0.4 is 25.6 Å². The fourth-order valence-electron chi connectivity index (χ4n) is 2.18. The standard InChI is InChI=1S/C16H15BrFN3O3/c17-12-8-11(18)2-3-13(12)20-21-16(22)19-6-5-10-1-4-14-15(7-10)24-9-23-14/h1-4,7-8,20H,5-6,9H2,(H2,19,21,22). The van der Waals surface area contributed by atoms with Crippen molar-refractivity contribution in [3.8, 4) is 11.5 Å². The lowest BCUT2D eigenvalue weighted by atomic mass is 10.1. The molecule has 2 aromatic rings. The molecule has 8 heteroatoms. The van der Waals surface area contributed by atoms with Crippen LogP contribution in [0.4, 0.5) is 14.9 Å². The molecule has 126 valence electrons. The lowest BCUT2D eigenvalue weighted by molar-refractivity contribution is 0.174. The number of hydrogen-bond donors (Lipinski definition) is 3. The zero-order valence-corrected chi connectivity index (χ0v) is 14.2. The molecule has 0 saturated carbocycles. The molecule has 0 unspecified atom stereocenters. The molecule has 6 nitrogen and oxygen atoms in total. The molecule has 0 bridgehead atoms. The van der Waals surface area contributed by atoms with Crippen LogP contribution in [-0.4, -0.2) is 19.4 Å². The largest absolute Gasteiger partial charge is 0.454 e. The van der Waals surface area contributed by atoms with Crippen molar-refractivity contribution in [1.29, 1.82) is 0 Å². The highest BCUT2D eigenvalue weighted by Crippen LogP contribution is 2.32. The smallest absolute Gasteiger partial charge is 0.333 e. The Labute approximate surface area is 146 Å². The molecular formula is C16H15BrFN3O3. The number of carbonyl (C=O) groups is 1. The Morgan fingerprint density at radius 3 is 2.83 bits per heavy atom. The van der Waals surface area contributed by atoms with E-state index in [-0.39, 0.29) is 18.6 Å². The minimum atomic E-state index is -0.382. The van der Waals surface area contributed by atoms with E-state index in [9.17, 15) is 9.18 Å². The SMILES string of the molecule is O=C(NCCc1ccc2c(c1)OCO2)NNc1ccc(F)cc1Br. The first-order valence-corrected chi connectivity index (χ1v) is 8.04. The first kappa shape index (κ1) is 16.4. The van der Waals surface area contributed by atoms with Crippen molar-refractivity contribution < 1.29 is 18.7 Å². The van der Waals surface area contributed by atoms with Gasteiger partial charge in [-0.3, -0.25) is 10.9 Å². The molecule has 24 heavy (non-hydrogen) atoms. The predicted octanol–water partition coefficient (Wildman–Crippen LogP) is 3.19. The van der Waals surface area contributed by atoms with Gasteiger partial charge >= 0.3 is 6.03 Å². The van der Waals surface area contributed by atoms with Crippen LogP contribution in [0.2, 0.25) is 0 Å². The summed E-state index contributed by atoms with van der Waals surface area (Å²) in [6.45, 7) is 0.696. The molecule has 2 aromatic carbocycles. The minimum absolute atomic E-state index is 0.240. The van der Waals surface area contributed by atoms with Crippen LogP contribution in [0.5, 0.6) is 11.5 Å². The van der Waals surface area contributed by atoms with Gasteiger partial charge in [0.2, 0.25) is 6.79 Å². The zero-order chi connectivity index (χ0) is 16.9. The van der Waals surface area contributed by atoms with Crippen molar-refractivity contribution in [2.75, 3.05) is 18.8 Å². The number of benzene rings is 2. The van der Waals surface area contributed by atoms with Crippen molar-refractivity contribution in [3.05, 3.63) is 52.3 Å². The third kappa shape index (κ3) is 4.08. The number of anilines is 1. The fourth-order valence-corrected chi connectivity index (χ4v) is 2.63. The lowest BCUT2D eigenvalue weighted by Gasteiger charge is -2.11. The van der Waals surface area contributed by atoms with Crippen molar-refractivity contribution in [2.24, 2.45) is 0 Å². The van der Waals surface area contributed by atoms with Crippen molar-refractivity contribution in [2.45, 2.75) is 6.42 Å². The molecular weight excluding hydrogens is 381 g/mol. The van der Waals surface area contributed by atoms with Gasteiger partial charge in [-0.25, -0.2) is 9.18 Å². The number of urea groups is 1. The fraction of sp³-hybridized carbons (Fsp3) is 0.188. The molecule has 0 atom stereocenters. The van der Waals surface area contributed by atoms with Crippen LogP contribution in [0, 0.1) is 5.82 Å². The summed E-state index contributed by atoms with van der Waals surface area (Å²) >= 11 is 3.21. The summed E-state index contributed by atoms with van der Waals surface area (Å²) in [5, 5.41) is 2.73. The number of carbonyl (C=O) groups excluding carboxylic acids is 1. The van der Waals surface area contributed by atoms with Gasteiger partial charge in [-0.15, -0.1) is 0 Å². The molecule has 0 saturated heterocycles. The molecule has 1 aliphatic rings. The Kier molecular flexibility index (Phi) is 5.05. The molecule has 0 spiro atoms. The second-order valence-electron chi connectivity index (χ2n) is 5.07. The van der Waals surface area contributed by atoms with E-state index >= 15 is 0 Å². The Hall–Kier alpha value is -2.48. The second-order valence-corrected chi connectivity index (χ2v) is 5.92. The Morgan fingerprint density at radius 1 is 1.17 bits per heavy atom. The quantitative estimate of drug-likeness (QED) is 0.679. The zero-order valence-electron chi connectivity index (χ0n) is 12.6. The van der Waals surface area contributed by atoms with Gasteiger partial charge in [0.15, 0.2) is 11.5 Å². The molecule has 0 radical (unpaired) electrons. The minimum Gasteiger partial charge on any atom is -0.454 e. The maximum Gasteiger partial charge on any atom is 0.333 e. The maximum absolute atomic E-state index is 13.0. The van der Waals surface area contributed by atoms with E-state index in [0.717, 1.165) is 17.1 Å². The van der Waals surface area contributed by atoms with Gasteiger partial charge in [-0.1, -0.05) is 6.07 Å². The number of fused-ring (bicyclic) bond motifs is 1. The van der Waals surface area contributed by atoms with E-state index in [1.807, 2.05) is 18.2 Å². The summed E-state index contributed by atoms with van der Waals surface area (Å²) in [6, 6.07) is 9.43. The highest BCUT2D eigenvalue weighted by atomic mass is 79.9. The first-order valence-electron chi connectivity index (χ1n) is 7.25. The normalized spacial score (nSPS) is 11.9. The van der Waals surface area contributed by atoms with Crippen molar-refractivity contribution in [3.63, 3.8) is 0 Å². The Bertz CT molecular complexity index is 757. The molecule has 0 aromatic heterocycles. The topological polar surface area (TPSA) is 71.6 Å². The average molecular weight is 396 g/mol. The van der Waals surface area contributed by atoms with E-state index < -0.39 is 0 Å². The van der Waals surface area contributed by atoms with Gasteiger partial charge in [0.1, 0.15) is 5.82 Å². The van der Waals surface area contributed by atoms with Gasteiger partial charge in [-0.2, -0.15) is 0 Å². The number of rotatable bonds is 5. The summed E-state index contributed by atoms with van der Waals surface area (Å²) in [4.78, 5) is 11.8. The second kappa shape index (κ2) is 7.39. The monoisotopic (exact) mass is 395 g/mol. The number of hydrogen-bond acceptors (Lipinski definition) is 4. The molecule has 1 heterocycles. The van der Waals surface area contributed by atoms with E-state index in [0.29, 0.717) is 23.1 Å². The lowest BCUT2D eigenvalue weighted by Crippen LogP contribution is -2.39. The molecule has 0 fully saturated rings. The predicted molar refractivity (Wildman–Crippen MR) is 90.5 cm³/mol. The van der Waals surface area contributed by atoms with Crippen LogP contribution in [0.15, 0.2) is 40.9 Å². The van der Waals surface area contributed by atoms with Crippen LogP contribution >= 0.6 is 15.9 Å². The number of ether oxygens (including phenoxy) is 2. The third-order valence-electron chi connectivity index (χ3n) is 3.38. The highest BCUT2D eigenvalue weighted by molar-refractivity contribution is 9.10. The maximum atomic E-state index is 13.0. The molecule has 3 rings (SSSR count). The van der Waals surface area contributed by atoms with E-state index in [1.54, 1.807) is 0 Å². The van der Waals surface area contributed by atoms with Crippen molar-refractivity contribution in [1.82, 2.24) is 10.7 Å². The van der Waals surface area contributed by atoms with Gasteiger partial charge < -0.3 is 14.8 Å². The van der Waals surface area contributed by atoms with E-state index in [1.165, 1.54) is 18.2 Å². The summed E-state index contributed by atoms with van der Waals surface area (Å²) in [5.74, 6) is 1.10. The van der Waals surface area contributed by atoms with Crippen LogP contribution in [0.25, 0.3) is 0 Å². The third-order valence-corrected chi connectivity index (χ3v) is 4.03. The Balaban J connectivity index is 1.42. The van der Waals surface area contributed by atoms with Crippen LogP contribution in [0.3, 0.4) is 0 Å². The van der Waals surface area contributed by atoms with Gasteiger partial charge in [0.05, 0.1) is 5.69 Å². The summed E-state index contributed by atoms with van der Waals surface area (Å²) < 4.78 is 24.1. The molecule has 1 aliphatic heterocycles. The van der Waals surface area contributed by atoms with Crippen LogP contribution in [0.1, 0.15) is 5.56 Å². The van der Waals surface area contributed by atoms with Crippen molar-refractivity contribution >= 4 is 27.6 Å². The number of nitrogens with one attached hydrogen (secondary N) is 3. The van der Waals surface area contributed by atoms with Gasteiger partial charge in [0.25, 0.3) is 0 Å². The summed E-state index contributed by atoms with van der Waals surface area (Å²) in [6.07, 6.45) is 0.657. The molecule has 0 aliphatic carbocycles. The van der Waals surface area contributed by atoms with Gasteiger partial charge in [0, 0.05) is 11.0 Å². The number of hydrazine groups is 1.